The van der Waals surface area contributed by atoms with Crippen molar-refractivity contribution in [1.29, 1.82) is 0 Å². The number of benzene rings is 2. The number of alkyl halides is 1. The SMILES string of the molecule is Cc1ccc(S(=O)/C=C(/CCCI)c2ccccc2)cc1. The lowest BCUT2D eigenvalue weighted by molar-refractivity contribution is 0.688. The zero-order valence-electron chi connectivity index (χ0n) is 12.1. The van der Waals surface area contributed by atoms with Crippen molar-refractivity contribution in [3.05, 3.63) is 71.1 Å². The molecule has 0 aliphatic rings. The van der Waals surface area contributed by atoms with E-state index in [2.05, 4.69) is 34.7 Å². The monoisotopic (exact) mass is 410 g/mol. The Morgan fingerprint density at radius 1 is 1.10 bits per heavy atom. The average molecular weight is 410 g/mol. The Labute approximate surface area is 143 Å². The lowest BCUT2D eigenvalue weighted by Gasteiger charge is -2.07. The first-order valence-electron chi connectivity index (χ1n) is 7.00. The molecule has 2 aromatic carbocycles. The topological polar surface area (TPSA) is 17.1 Å². The van der Waals surface area contributed by atoms with Crippen LogP contribution in [0.15, 0.2) is 64.9 Å². The van der Waals surface area contributed by atoms with Gasteiger partial charge in [0.1, 0.15) is 0 Å². The number of halogens is 1. The molecular formula is C18H19IOS. The minimum Gasteiger partial charge on any atom is -0.250 e. The molecule has 0 N–H and O–H groups in total. The van der Waals surface area contributed by atoms with Gasteiger partial charge in [-0.1, -0.05) is 70.6 Å². The molecule has 1 atom stereocenters. The predicted molar refractivity (Wildman–Crippen MR) is 100 cm³/mol. The van der Waals surface area contributed by atoms with Crippen molar-refractivity contribution < 1.29 is 4.21 Å². The molecular weight excluding hydrogens is 391 g/mol. The highest BCUT2D eigenvalue weighted by atomic mass is 127. The lowest BCUT2D eigenvalue weighted by atomic mass is 10.0. The van der Waals surface area contributed by atoms with E-state index in [9.17, 15) is 4.21 Å². The fraction of sp³-hybridized carbons (Fsp3) is 0.222. The molecule has 0 radical (unpaired) electrons. The Kier molecular flexibility index (Phi) is 6.64. The molecule has 2 aromatic rings. The summed E-state index contributed by atoms with van der Waals surface area (Å²) in [5.74, 6) is 0. The maximum atomic E-state index is 12.5. The summed E-state index contributed by atoms with van der Waals surface area (Å²) in [6.07, 6.45) is 2.07. The third kappa shape index (κ3) is 5.08. The van der Waals surface area contributed by atoms with Gasteiger partial charge in [0.25, 0.3) is 0 Å². The van der Waals surface area contributed by atoms with Gasteiger partial charge in [-0.2, -0.15) is 0 Å². The van der Waals surface area contributed by atoms with E-state index in [4.69, 9.17) is 0 Å². The first-order chi connectivity index (χ1) is 10.2. The van der Waals surface area contributed by atoms with E-state index in [0.29, 0.717) is 0 Å². The summed E-state index contributed by atoms with van der Waals surface area (Å²) in [5.41, 5.74) is 3.53. The number of hydrogen-bond donors (Lipinski definition) is 0. The van der Waals surface area contributed by atoms with Crippen molar-refractivity contribution >= 4 is 39.0 Å². The third-order valence-corrected chi connectivity index (χ3v) is 5.23. The zero-order chi connectivity index (χ0) is 15.1. The lowest BCUT2D eigenvalue weighted by Crippen LogP contribution is -1.92. The average Bonchev–Trinajstić information content (AvgIpc) is 2.52. The summed E-state index contributed by atoms with van der Waals surface area (Å²) < 4.78 is 13.6. The minimum absolute atomic E-state index is 0.864. The summed E-state index contributed by atoms with van der Waals surface area (Å²) >= 11 is 2.39. The second-order valence-electron chi connectivity index (χ2n) is 4.91. The van der Waals surface area contributed by atoms with Crippen LogP contribution < -0.4 is 0 Å². The maximum absolute atomic E-state index is 12.5. The molecule has 0 heterocycles. The molecule has 21 heavy (non-hydrogen) atoms. The molecule has 1 unspecified atom stereocenters. The van der Waals surface area contributed by atoms with E-state index >= 15 is 0 Å². The van der Waals surface area contributed by atoms with E-state index in [1.54, 1.807) is 0 Å². The van der Waals surface area contributed by atoms with Gasteiger partial charge in [0, 0.05) is 10.3 Å². The second kappa shape index (κ2) is 8.49. The molecule has 0 bridgehead atoms. The summed E-state index contributed by atoms with van der Waals surface area (Å²) in [6, 6.07) is 18.2. The Morgan fingerprint density at radius 2 is 1.76 bits per heavy atom. The van der Waals surface area contributed by atoms with Crippen LogP contribution >= 0.6 is 22.6 Å². The molecule has 0 aliphatic heterocycles. The van der Waals surface area contributed by atoms with Gasteiger partial charge in [0.2, 0.25) is 0 Å². The summed E-state index contributed by atoms with van der Waals surface area (Å²) in [7, 11) is -1.09. The van der Waals surface area contributed by atoms with Crippen LogP contribution in [0, 0.1) is 6.92 Å². The molecule has 0 saturated carbocycles. The summed E-state index contributed by atoms with van der Waals surface area (Å²) in [6.45, 7) is 2.04. The third-order valence-electron chi connectivity index (χ3n) is 3.23. The van der Waals surface area contributed by atoms with Crippen LogP contribution in [0.5, 0.6) is 0 Å². The van der Waals surface area contributed by atoms with Crippen LogP contribution in [-0.2, 0) is 10.8 Å². The molecule has 0 spiro atoms. The van der Waals surface area contributed by atoms with Crippen molar-refractivity contribution in [3.8, 4) is 0 Å². The number of rotatable bonds is 6. The smallest absolute Gasteiger partial charge is 0.0778 e. The molecule has 2 rings (SSSR count). The highest BCUT2D eigenvalue weighted by molar-refractivity contribution is 14.1. The van der Waals surface area contributed by atoms with Crippen LogP contribution in [0.2, 0.25) is 0 Å². The van der Waals surface area contributed by atoms with Crippen molar-refractivity contribution in [2.24, 2.45) is 0 Å². The van der Waals surface area contributed by atoms with E-state index < -0.39 is 10.8 Å². The van der Waals surface area contributed by atoms with Crippen LogP contribution in [0.4, 0.5) is 0 Å². The predicted octanol–water partition coefficient (Wildman–Crippen LogP) is 5.36. The van der Waals surface area contributed by atoms with E-state index in [0.717, 1.165) is 22.2 Å². The van der Waals surface area contributed by atoms with Crippen molar-refractivity contribution in [2.75, 3.05) is 4.43 Å². The van der Waals surface area contributed by atoms with Gasteiger partial charge in [0.15, 0.2) is 0 Å². The fourth-order valence-corrected chi connectivity index (χ4v) is 3.48. The molecule has 1 nitrogen and oxygen atoms in total. The molecule has 0 aromatic heterocycles. The van der Waals surface area contributed by atoms with Gasteiger partial charge in [0.05, 0.1) is 10.8 Å². The molecule has 0 aliphatic carbocycles. The second-order valence-corrected chi connectivity index (χ2v) is 7.29. The maximum Gasteiger partial charge on any atom is 0.0778 e. The highest BCUT2D eigenvalue weighted by Gasteiger charge is 2.06. The number of hydrogen-bond acceptors (Lipinski definition) is 1. The standard InChI is InChI=1S/C18H19IOS/c1-15-9-11-18(12-10-15)21(20)14-17(8-5-13-19)16-6-3-2-4-7-16/h2-4,6-7,9-12,14H,5,8,13H2,1H3/b17-14-. The van der Waals surface area contributed by atoms with Gasteiger partial charge < -0.3 is 0 Å². The quantitative estimate of drug-likeness (QED) is 0.463. The summed E-state index contributed by atoms with van der Waals surface area (Å²) in [4.78, 5) is 0.864. The van der Waals surface area contributed by atoms with Crippen LogP contribution in [-0.4, -0.2) is 8.64 Å². The van der Waals surface area contributed by atoms with Crippen molar-refractivity contribution in [2.45, 2.75) is 24.7 Å². The Balaban J connectivity index is 2.27. The van der Waals surface area contributed by atoms with Crippen LogP contribution in [0.25, 0.3) is 5.57 Å². The minimum atomic E-state index is -1.09. The van der Waals surface area contributed by atoms with Crippen LogP contribution in [0.1, 0.15) is 24.0 Å². The van der Waals surface area contributed by atoms with Gasteiger partial charge in [-0.3, -0.25) is 0 Å². The van der Waals surface area contributed by atoms with Crippen LogP contribution in [0.3, 0.4) is 0 Å². The van der Waals surface area contributed by atoms with Crippen molar-refractivity contribution in [3.63, 3.8) is 0 Å². The molecule has 0 saturated heterocycles. The zero-order valence-corrected chi connectivity index (χ0v) is 15.1. The van der Waals surface area contributed by atoms with Gasteiger partial charge in [-0.15, -0.1) is 0 Å². The Bertz CT molecular complexity index is 617. The number of aryl methyl sites for hydroxylation is 1. The highest BCUT2D eigenvalue weighted by Crippen LogP contribution is 2.23. The van der Waals surface area contributed by atoms with E-state index in [-0.39, 0.29) is 0 Å². The van der Waals surface area contributed by atoms with E-state index in [1.807, 2.05) is 54.8 Å². The Morgan fingerprint density at radius 3 is 2.38 bits per heavy atom. The van der Waals surface area contributed by atoms with Gasteiger partial charge >= 0.3 is 0 Å². The molecule has 110 valence electrons. The molecule has 3 heteroatoms. The fourth-order valence-electron chi connectivity index (χ4n) is 2.05. The van der Waals surface area contributed by atoms with E-state index in [1.165, 1.54) is 16.7 Å². The first-order valence-corrected chi connectivity index (χ1v) is 9.74. The first kappa shape index (κ1) is 16.4. The largest absolute Gasteiger partial charge is 0.250 e. The van der Waals surface area contributed by atoms with Gasteiger partial charge in [-0.05, 0) is 47.5 Å². The van der Waals surface area contributed by atoms with Crippen molar-refractivity contribution in [1.82, 2.24) is 0 Å². The summed E-state index contributed by atoms with van der Waals surface area (Å²) in [5, 5.41) is 1.91. The molecule has 0 amide bonds. The normalized spacial score (nSPS) is 13.1. The molecule has 0 fully saturated rings. The van der Waals surface area contributed by atoms with Gasteiger partial charge in [-0.25, -0.2) is 4.21 Å². The Hall–Kier alpha value is -0.940. The number of allylic oxidation sites excluding steroid dienone is 1.